The molecule has 3 heterocycles. The van der Waals surface area contributed by atoms with Crippen molar-refractivity contribution in [2.45, 2.75) is 9.79 Å². The number of benzene rings is 5. The SMILES string of the molecule is C1=C\c2ccc(-c3cc(-c4ccccc4)nc(-c4cccnc4)n3)cc2-c2ccccc2Sc2ccccc2-c2ccccc2/1. The quantitative estimate of drug-likeness (QED) is 0.204. The van der Waals surface area contributed by atoms with Crippen molar-refractivity contribution in [1.29, 1.82) is 0 Å². The van der Waals surface area contributed by atoms with Crippen LogP contribution in [-0.2, 0) is 0 Å². The molecule has 3 nitrogen and oxygen atoms in total. The Morgan fingerprint density at radius 3 is 1.76 bits per heavy atom. The van der Waals surface area contributed by atoms with Crippen molar-refractivity contribution < 1.29 is 0 Å². The fourth-order valence-corrected chi connectivity index (χ4v) is 6.92. The first kappa shape index (κ1) is 27.0. The van der Waals surface area contributed by atoms with Gasteiger partial charge in [-0.2, -0.15) is 0 Å². The van der Waals surface area contributed by atoms with Crippen LogP contribution in [0.1, 0.15) is 11.1 Å². The zero-order chi connectivity index (χ0) is 30.0. The highest BCUT2D eigenvalue weighted by atomic mass is 32.2. The van der Waals surface area contributed by atoms with E-state index in [4.69, 9.17) is 9.97 Å². The van der Waals surface area contributed by atoms with Crippen LogP contribution in [0.5, 0.6) is 0 Å². The third-order valence-electron chi connectivity index (χ3n) is 8.04. The van der Waals surface area contributed by atoms with Crippen molar-refractivity contribution >= 4 is 23.9 Å². The van der Waals surface area contributed by atoms with Gasteiger partial charge in [0, 0.05) is 38.9 Å². The van der Waals surface area contributed by atoms with Crippen LogP contribution >= 0.6 is 11.8 Å². The topological polar surface area (TPSA) is 38.7 Å². The molecule has 7 aromatic rings. The number of nitrogens with zero attached hydrogens (tertiary/aromatic N) is 3. The molecule has 0 fully saturated rings. The van der Waals surface area contributed by atoms with Gasteiger partial charge in [0.15, 0.2) is 5.82 Å². The normalized spacial score (nSPS) is 12.5. The molecule has 0 spiro atoms. The maximum Gasteiger partial charge on any atom is 0.161 e. The summed E-state index contributed by atoms with van der Waals surface area (Å²) in [6.07, 6.45) is 8.07. The van der Waals surface area contributed by atoms with Gasteiger partial charge in [-0.15, -0.1) is 0 Å². The molecule has 0 atom stereocenters. The van der Waals surface area contributed by atoms with Crippen molar-refractivity contribution in [3.63, 3.8) is 0 Å². The lowest BCUT2D eigenvalue weighted by Gasteiger charge is -2.15. The Morgan fingerprint density at radius 1 is 0.422 bits per heavy atom. The Kier molecular flexibility index (Phi) is 7.10. The van der Waals surface area contributed by atoms with Gasteiger partial charge in [0.2, 0.25) is 0 Å². The predicted octanol–water partition coefficient (Wildman–Crippen LogP) is 10.8. The minimum Gasteiger partial charge on any atom is -0.264 e. The number of rotatable bonds is 3. The van der Waals surface area contributed by atoms with Gasteiger partial charge in [0.25, 0.3) is 0 Å². The van der Waals surface area contributed by atoms with Crippen LogP contribution in [0, 0.1) is 0 Å². The van der Waals surface area contributed by atoms with Gasteiger partial charge < -0.3 is 0 Å². The van der Waals surface area contributed by atoms with E-state index in [1.807, 2.05) is 48.3 Å². The fourth-order valence-electron chi connectivity index (χ4n) is 5.81. The third-order valence-corrected chi connectivity index (χ3v) is 9.19. The Labute approximate surface area is 267 Å². The van der Waals surface area contributed by atoms with Gasteiger partial charge in [0.1, 0.15) is 0 Å². The van der Waals surface area contributed by atoms with E-state index < -0.39 is 0 Å². The van der Waals surface area contributed by atoms with Gasteiger partial charge in [-0.1, -0.05) is 127 Å². The maximum absolute atomic E-state index is 5.08. The summed E-state index contributed by atoms with van der Waals surface area (Å²) in [7, 11) is 0. The first-order chi connectivity index (χ1) is 22.3. The van der Waals surface area contributed by atoms with E-state index in [-0.39, 0.29) is 0 Å². The molecule has 1 aliphatic heterocycles. The zero-order valence-electron chi connectivity index (χ0n) is 24.3. The summed E-state index contributed by atoms with van der Waals surface area (Å²) >= 11 is 1.82. The molecule has 212 valence electrons. The van der Waals surface area contributed by atoms with Crippen molar-refractivity contribution in [2.75, 3.05) is 0 Å². The molecule has 5 aromatic carbocycles. The molecule has 0 saturated heterocycles. The second kappa shape index (κ2) is 11.8. The number of hydrogen-bond donors (Lipinski definition) is 0. The maximum atomic E-state index is 5.08. The Balaban J connectivity index is 1.34. The van der Waals surface area contributed by atoms with Crippen LogP contribution < -0.4 is 0 Å². The van der Waals surface area contributed by atoms with E-state index in [0.717, 1.165) is 39.2 Å². The number of hydrogen-bond acceptors (Lipinski definition) is 4. The number of aromatic nitrogens is 3. The van der Waals surface area contributed by atoms with Crippen LogP contribution in [0.4, 0.5) is 0 Å². The summed E-state index contributed by atoms with van der Waals surface area (Å²) in [5, 5.41) is 0. The van der Waals surface area contributed by atoms with E-state index >= 15 is 0 Å². The highest BCUT2D eigenvalue weighted by molar-refractivity contribution is 7.99. The predicted molar refractivity (Wildman–Crippen MR) is 186 cm³/mol. The summed E-state index contributed by atoms with van der Waals surface area (Å²) in [6.45, 7) is 0. The molecule has 8 rings (SSSR count). The lowest BCUT2D eigenvalue weighted by atomic mass is 9.94. The molecule has 4 heteroatoms. The summed E-state index contributed by atoms with van der Waals surface area (Å²) < 4.78 is 0. The second-order valence-electron chi connectivity index (χ2n) is 10.9. The van der Waals surface area contributed by atoms with E-state index in [0.29, 0.717) is 5.82 Å². The molecule has 2 aromatic heterocycles. The first-order valence-electron chi connectivity index (χ1n) is 14.9. The highest BCUT2D eigenvalue weighted by Crippen LogP contribution is 2.44. The summed E-state index contributed by atoms with van der Waals surface area (Å²) in [5.41, 5.74) is 11.9. The molecule has 45 heavy (non-hydrogen) atoms. The van der Waals surface area contributed by atoms with Crippen molar-refractivity contribution in [2.24, 2.45) is 0 Å². The van der Waals surface area contributed by atoms with Crippen molar-refractivity contribution in [3.05, 3.63) is 163 Å². The average Bonchev–Trinajstić information content (AvgIpc) is 3.14. The van der Waals surface area contributed by atoms with E-state index in [1.165, 1.54) is 32.0 Å². The van der Waals surface area contributed by atoms with Gasteiger partial charge in [-0.25, -0.2) is 9.97 Å². The van der Waals surface area contributed by atoms with Gasteiger partial charge in [0.05, 0.1) is 11.4 Å². The highest BCUT2D eigenvalue weighted by Gasteiger charge is 2.17. The minimum atomic E-state index is 0.653. The summed E-state index contributed by atoms with van der Waals surface area (Å²) in [5.74, 6) is 0.653. The lowest BCUT2D eigenvalue weighted by molar-refractivity contribution is 1.17. The molecule has 0 radical (unpaired) electrons. The largest absolute Gasteiger partial charge is 0.264 e. The molecule has 0 N–H and O–H groups in total. The number of fused-ring (bicyclic) bond motifs is 6. The number of pyridine rings is 1. The van der Waals surface area contributed by atoms with Crippen molar-refractivity contribution in [3.8, 4) is 56.2 Å². The van der Waals surface area contributed by atoms with Crippen LogP contribution in [0.2, 0.25) is 0 Å². The molecule has 1 aliphatic rings. The second-order valence-corrected chi connectivity index (χ2v) is 12.0. The van der Waals surface area contributed by atoms with Crippen LogP contribution in [0.15, 0.2) is 162 Å². The minimum absolute atomic E-state index is 0.653. The zero-order valence-corrected chi connectivity index (χ0v) is 25.2. The van der Waals surface area contributed by atoms with E-state index in [2.05, 4.69) is 126 Å². The molecule has 0 bridgehead atoms. The Bertz CT molecular complexity index is 2130. The fraction of sp³-hybridized carbons (Fsp3) is 0. The van der Waals surface area contributed by atoms with E-state index in [9.17, 15) is 0 Å². The Morgan fingerprint density at radius 2 is 1.02 bits per heavy atom. The van der Waals surface area contributed by atoms with Crippen LogP contribution in [0.3, 0.4) is 0 Å². The molecular formula is C41H27N3S. The lowest BCUT2D eigenvalue weighted by Crippen LogP contribution is -1.97. The van der Waals surface area contributed by atoms with E-state index in [1.54, 1.807) is 6.20 Å². The monoisotopic (exact) mass is 593 g/mol. The average molecular weight is 594 g/mol. The molecule has 0 unspecified atom stereocenters. The van der Waals surface area contributed by atoms with Crippen molar-refractivity contribution in [1.82, 2.24) is 15.0 Å². The first-order valence-corrected chi connectivity index (χ1v) is 15.7. The molecule has 0 aliphatic carbocycles. The van der Waals surface area contributed by atoms with Gasteiger partial charge in [-0.3, -0.25) is 4.98 Å². The van der Waals surface area contributed by atoms with Gasteiger partial charge >= 0.3 is 0 Å². The molecule has 0 saturated carbocycles. The van der Waals surface area contributed by atoms with Crippen LogP contribution in [0.25, 0.3) is 68.3 Å². The molecule has 0 amide bonds. The summed E-state index contributed by atoms with van der Waals surface area (Å²) in [4.78, 5) is 16.8. The van der Waals surface area contributed by atoms with Gasteiger partial charge in [-0.05, 0) is 69.8 Å². The molecular weight excluding hydrogens is 567 g/mol. The smallest absolute Gasteiger partial charge is 0.161 e. The van der Waals surface area contributed by atoms with Crippen LogP contribution in [-0.4, -0.2) is 15.0 Å². The third kappa shape index (κ3) is 5.37. The standard InChI is InChI=1S/C41H27N3S/c1-2-12-30(13-3-1)37-26-38(44-41(43-37)32-14-10-24-42-27-32)31-23-22-29-21-20-28-11-4-5-15-33(28)34-16-6-8-18-39(34)45-40-19-9-7-17-35(40)36(29)25-31/h1-27H/b21-20-. The summed E-state index contributed by atoms with van der Waals surface area (Å²) in [6, 6.07) is 49.0. The Hall–Kier alpha value is -5.58.